The molecule has 2 N–H and O–H groups in total. The third-order valence-corrected chi connectivity index (χ3v) is 3.32. The summed E-state index contributed by atoms with van der Waals surface area (Å²) in [4.78, 5) is 11.8. The number of aliphatic hydroxyl groups excluding tert-OH is 1. The molecule has 1 unspecified atom stereocenters. The Kier molecular flexibility index (Phi) is 5.11. The number of carbonyl (C=O) groups excluding carboxylic acids is 1. The Morgan fingerprint density at radius 3 is 2.67 bits per heavy atom. The lowest BCUT2D eigenvalue weighted by Gasteiger charge is -2.12. The molecular formula is C16H21N3O2. The smallest absolute Gasteiger partial charge is 0.241 e. The largest absolute Gasteiger partial charge is 0.388 e. The standard InChI is InChI=1S/C16H21N3O2/c1-12-10-13(2)19(18-12)11-16(21)17-9-8-15(20)14-6-4-3-5-7-14/h3-7,10,15,20H,8-9,11H2,1-2H3,(H,17,21). The van der Waals surface area contributed by atoms with Gasteiger partial charge in [-0.25, -0.2) is 0 Å². The molecule has 0 spiro atoms. The summed E-state index contributed by atoms with van der Waals surface area (Å²) in [5.41, 5.74) is 2.73. The van der Waals surface area contributed by atoms with Crippen molar-refractivity contribution in [2.24, 2.45) is 0 Å². The third kappa shape index (κ3) is 4.43. The van der Waals surface area contributed by atoms with Crippen LogP contribution in [0.3, 0.4) is 0 Å². The molecule has 21 heavy (non-hydrogen) atoms. The molecular weight excluding hydrogens is 266 g/mol. The molecule has 1 aromatic carbocycles. The third-order valence-electron chi connectivity index (χ3n) is 3.32. The van der Waals surface area contributed by atoms with Crippen molar-refractivity contribution in [3.63, 3.8) is 0 Å². The van der Waals surface area contributed by atoms with Crippen LogP contribution in [0.5, 0.6) is 0 Å². The minimum Gasteiger partial charge on any atom is -0.388 e. The van der Waals surface area contributed by atoms with Crippen LogP contribution in [0, 0.1) is 13.8 Å². The molecule has 112 valence electrons. The van der Waals surface area contributed by atoms with Gasteiger partial charge in [0.2, 0.25) is 5.91 Å². The zero-order chi connectivity index (χ0) is 15.2. The van der Waals surface area contributed by atoms with Crippen LogP contribution in [-0.2, 0) is 11.3 Å². The molecule has 0 aliphatic carbocycles. The van der Waals surface area contributed by atoms with Gasteiger partial charge in [-0.2, -0.15) is 5.10 Å². The average molecular weight is 287 g/mol. The Bertz CT molecular complexity index is 593. The molecule has 2 aromatic rings. The second kappa shape index (κ2) is 7.04. The van der Waals surface area contributed by atoms with E-state index in [0.717, 1.165) is 17.0 Å². The number of aliphatic hydroxyl groups is 1. The Balaban J connectivity index is 1.76. The van der Waals surface area contributed by atoms with Crippen LogP contribution in [0.15, 0.2) is 36.4 Å². The van der Waals surface area contributed by atoms with Crippen molar-refractivity contribution in [3.05, 3.63) is 53.3 Å². The second-order valence-electron chi connectivity index (χ2n) is 5.15. The number of nitrogens with one attached hydrogen (secondary N) is 1. The van der Waals surface area contributed by atoms with Gasteiger partial charge in [-0.3, -0.25) is 9.48 Å². The first kappa shape index (κ1) is 15.3. The van der Waals surface area contributed by atoms with Gasteiger partial charge in [0.1, 0.15) is 6.54 Å². The summed E-state index contributed by atoms with van der Waals surface area (Å²) in [6, 6.07) is 11.4. The summed E-state index contributed by atoms with van der Waals surface area (Å²) in [7, 11) is 0. The predicted octanol–water partition coefficient (Wildman–Crippen LogP) is 1.74. The Labute approximate surface area is 124 Å². The molecule has 0 radical (unpaired) electrons. The normalized spacial score (nSPS) is 12.1. The van der Waals surface area contributed by atoms with Crippen molar-refractivity contribution in [1.82, 2.24) is 15.1 Å². The quantitative estimate of drug-likeness (QED) is 0.850. The number of amides is 1. The maximum atomic E-state index is 11.8. The number of carbonyl (C=O) groups is 1. The van der Waals surface area contributed by atoms with E-state index in [9.17, 15) is 9.90 Å². The van der Waals surface area contributed by atoms with Crippen LogP contribution in [0.1, 0.15) is 29.5 Å². The Hall–Kier alpha value is -2.14. The monoisotopic (exact) mass is 287 g/mol. The summed E-state index contributed by atoms with van der Waals surface area (Å²) >= 11 is 0. The van der Waals surface area contributed by atoms with Crippen molar-refractivity contribution in [1.29, 1.82) is 0 Å². The number of benzene rings is 1. The first-order chi connectivity index (χ1) is 10.1. The summed E-state index contributed by atoms with van der Waals surface area (Å²) < 4.78 is 1.68. The van der Waals surface area contributed by atoms with E-state index in [4.69, 9.17) is 0 Å². The van der Waals surface area contributed by atoms with E-state index in [2.05, 4.69) is 10.4 Å². The lowest BCUT2D eigenvalue weighted by Crippen LogP contribution is -2.30. The highest BCUT2D eigenvalue weighted by molar-refractivity contribution is 5.75. The number of aromatic nitrogens is 2. The Morgan fingerprint density at radius 2 is 2.05 bits per heavy atom. The van der Waals surface area contributed by atoms with E-state index in [-0.39, 0.29) is 12.5 Å². The van der Waals surface area contributed by atoms with Gasteiger partial charge in [0.15, 0.2) is 0 Å². The fourth-order valence-corrected chi connectivity index (χ4v) is 2.22. The van der Waals surface area contributed by atoms with Crippen molar-refractivity contribution in [2.75, 3.05) is 6.54 Å². The molecule has 0 saturated heterocycles. The molecule has 0 fully saturated rings. The zero-order valence-electron chi connectivity index (χ0n) is 12.4. The molecule has 1 amide bonds. The van der Waals surface area contributed by atoms with Gasteiger partial charge in [0.25, 0.3) is 0 Å². The molecule has 0 aliphatic heterocycles. The Morgan fingerprint density at radius 1 is 1.33 bits per heavy atom. The lowest BCUT2D eigenvalue weighted by molar-refractivity contribution is -0.121. The lowest BCUT2D eigenvalue weighted by atomic mass is 10.1. The highest BCUT2D eigenvalue weighted by Crippen LogP contribution is 2.14. The number of aryl methyl sites for hydroxylation is 2. The number of hydrogen-bond donors (Lipinski definition) is 2. The molecule has 5 heteroatoms. The van der Waals surface area contributed by atoms with E-state index < -0.39 is 6.10 Å². The van der Waals surface area contributed by atoms with E-state index >= 15 is 0 Å². The SMILES string of the molecule is Cc1cc(C)n(CC(=O)NCCC(O)c2ccccc2)n1. The molecule has 1 atom stereocenters. The number of nitrogens with zero attached hydrogens (tertiary/aromatic N) is 2. The molecule has 1 aromatic heterocycles. The average Bonchev–Trinajstić information content (AvgIpc) is 2.77. The van der Waals surface area contributed by atoms with Crippen LogP contribution in [-0.4, -0.2) is 27.3 Å². The fraction of sp³-hybridized carbons (Fsp3) is 0.375. The van der Waals surface area contributed by atoms with Gasteiger partial charge < -0.3 is 10.4 Å². The summed E-state index contributed by atoms with van der Waals surface area (Å²) in [6.45, 7) is 4.47. The van der Waals surface area contributed by atoms with Crippen LogP contribution in [0.2, 0.25) is 0 Å². The van der Waals surface area contributed by atoms with E-state index in [0.29, 0.717) is 13.0 Å². The topological polar surface area (TPSA) is 67.2 Å². The first-order valence-corrected chi connectivity index (χ1v) is 7.07. The van der Waals surface area contributed by atoms with Gasteiger partial charge >= 0.3 is 0 Å². The van der Waals surface area contributed by atoms with Gasteiger partial charge in [0.05, 0.1) is 11.8 Å². The van der Waals surface area contributed by atoms with Crippen LogP contribution < -0.4 is 5.32 Å². The highest BCUT2D eigenvalue weighted by atomic mass is 16.3. The molecule has 5 nitrogen and oxygen atoms in total. The van der Waals surface area contributed by atoms with Crippen LogP contribution in [0.25, 0.3) is 0 Å². The number of hydrogen-bond acceptors (Lipinski definition) is 3. The van der Waals surface area contributed by atoms with Crippen molar-refractivity contribution in [3.8, 4) is 0 Å². The maximum Gasteiger partial charge on any atom is 0.241 e. The van der Waals surface area contributed by atoms with Gasteiger partial charge in [-0.1, -0.05) is 30.3 Å². The van der Waals surface area contributed by atoms with E-state index in [1.165, 1.54) is 0 Å². The van der Waals surface area contributed by atoms with Crippen molar-refractivity contribution in [2.45, 2.75) is 32.9 Å². The van der Waals surface area contributed by atoms with E-state index in [1.54, 1.807) is 4.68 Å². The fourth-order valence-electron chi connectivity index (χ4n) is 2.22. The molecule has 0 bridgehead atoms. The second-order valence-corrected chi connectivity index (χ2v) is 5.15. The molecule has 0 saturated carbocycles. The van der Waals surface area contributed by atoms with Gasteiger partial charge in [-0.15, -0.1) is 0 Å². The first-order valence-electron chi connectivity index (χ1n) is 7.07. The van der Waals surface area contributed by atoms with Crippen LogP contribution in [0.4, 0.5) is 0 Å². The van der Waals surface area contributed by atoms with Crippen molar-refractivity contribution < 1.29 is 9.90 Å². The maximum absolute atomic E-state index is 11.8. The minimum absolute atomic E-state index is 0.0959. The summed E-state index contributed by atoms with van der Waals surface area (Å²) in [6.07, 6.45) is -0.0625. The highest BCUT2D eigenvalue weighted by Gasteiger charge is 2.09. The molecule has 2 rings (SSSR count). The molecule has 1 heterocycles. The predicted molar refractivity (Wildman–Crippen MR) is 80.7 cm³/mol. The molecule has 0 aliphatic rings. The van der Waals surface area contributed by atoms with Crippen molar-refractivity contribution >= 4 is 5.91 Å². The summed E-state index contributed by atoms with van der Waals surface area (Å²) in [5, 5.41) is 17.1. The van der Waals surface area contributed by atoms with Gasteiger partial charge in [0, 0.05) is 12.2 Å². The van der Waals surface area contributed by atoms with Crippen LogP contribution >= 0.6 is 0 Å². The number of rotatable bonds is 6. The summed E-state index contributed by atoms with van der Waals surface area (Å²) in [5.74, 6) is -0.0959. The van der Waals surface area contributed by atoms with Gasteiger partial charge in [-0.05, 0) is 31.9 Å². The zero-order valence-corrected chi connectivity index (χ0v) is 12.4. The van der Waals surface area contributed by atoms with E-state index in [1.807, 2.05) is 50.2 Å². The minimum atomic E-state index is -0.555.